The predicted octanol–water partition coefficient (Wildman–Crippen LogP) is 3.84. The normalized spacial score (nSPS) is 14.7. The molecule has 0 bridgehead atoms. The molecule has 0 spiro atoms. The van der Waals surface area contributed by atoms with Gasteiger partial charge < -0.3 is 23.5 Å². The van der Waals surface area contributed by atoms with Crippen LogP contribution in [0.3, 0.4) is 0 Å². The number of hydrogen-bond acceptors (Lipinski definition) is 9. The van der Waals surface area contributed by atoms with Crippen LogP contribution in [0.4, 0.5) is 5.69 Å². The van der Waals surface area contributed by atoms with Crippen molar-refractivity contribution in [2.75, 3.05) is 24.7 Å². The largest absolute Gasteiger partial charge is 0.462 e. The van der Waals surface area contributed by atoms with Gasteiger partial charge in [0.1, 0.15) is 5.75 Å². The first-order chi connectivity index (χ1) is 18.4. The highest BCUT2D eigenvalue weighted by atomic mass is 16.5. The van der Waals surface area contributed by atoms with E-state index in [9.17, 15) is 24.0 Å². The van der Waals surface area contributed by atoms with Crippen LogP contribution in [0.1, 0.15) is 51.0 Å². The summed E-state index contributed by atoms with van der Waals surface area (Å²) in [6.45, 7) is 1.82. The zero-order valence-corrected chi connectivity index (χ0v) is 20.6. The summed E-state index contributed by atoms with van der Waals surface area (Å²) in [7, 11) is 0. The summed E-state index contributed by atoms with van der Waals surface area (Å²) < 4.78 is 20.4. The Hall–Kier alpha value is -4.73. The average molecular weight is 520 g/mol. The van der Waals surface area contributed by atoms with Gasteiger partial charge in [-0.2, -0.15) is 0 Å². The van der Waals surface area contributed by atoms with Crippen LogP contribution in [0.25, 0.3) is 0 Å². The number of benzene rings is 2. The van der Waals surface area contributed by atoms with Crippen molar-refractivity contribution in [3.8, 4) is 5.75 Å². The van der Waals surface area contributed by atoms with E-state index in [4.69, 9.17) is 18.6 Å². The molecular weight excluding hydrogens is 494 g/mol. The zero-order valence-electron chi connectivity index (χ0n) is 20.6. The lowest BCUT2D eigenvalue weighted by atomic mass is 10.1. The van der Waals surface area contributed by atoms with Gasteiger partial charge in [-0.25, -0.2) is 9.59 Å². The number of ketones is 1. The number of carbonyl (C=O) groups is 5. The molecular formula is C28H25NO9. The number of esters is 3. The first kappa shape index (κ1) is 26.3. The molecule has 0 aliphatic carbocycles. The molecule has 4 rings (SSSR count). The lowest BCUT2D eigenvalue weighted by molar-refractivity contribution is -0.147. The van der Waals surface area contributed by atoms with Crippen LogP contribution in [0.2, 0.25) is 0 Å². The highest BCUT2D eigenvalue weighted by Gasteiger charge is 2.36. The second kappa shape index (κ2) is 12.0. The molecule has 1 fully saturated rings. The number of ether oxygens (including phenoxy) is 3. The minimum absolute atomic E-state index is 0.0464. The van der Waals surface area contributed by atoms with E-state index in [0.29, 0.717) is 24.3 Å². The Morgan fingerprint density at radius 1 is 0.921 bits per heavy atom. The number of hydrogen-bond donors (Lipinski definition) is 0. The van der Waals surface area contributed by atoms with Crippen molar-refractivity contribution >= 4 is 35.3 Å². The molecule has 1 aromatic heterocycles. The van der Waals surface area contributed by atoms with E-state index in [1.54, 1.807) is 30.3 Å². The van der Waals surface area contributed by atoms with Crippen LogP contribution >= 0.6 is 0 Å². The zero-order chi connectivity index (χ0) is 27.1. The molecule has 1 aliphatic rings. The van der Waals surface area contributed by atoms with Crippen LogP contribution in [0.15, 0.2) is 71.3 Å². The van der Waals surface area contributed by atoms with Crippen molar-refractivity contribution in [1.82, 2.24) is 0 Å². The van der Waals surface area contributed by atoms with Gasteiger partial charge in [-0.05, 0) is 67.1 Å². The van der Waals surface area contributed by atoms with E-state index in [1.807, 2.05) is 6.92 Å². The lowest BCUT2D eigenvalue weighted by Crippen LogP contribution is -2.27. The average Bonchev–Trinajstić information content (AvgIpc) is 3.61. The second-order valence-corrected chi connectivity index (χ2v) is 8.51. The van der Waals surface area contributed by atoms with Crippen molar-refractivity contribution < 1.29 is 42.6 Å². The summed E-state index contributed by atoms with van der Waals surface area (Å²) in [6, 6.07) is 15.2. The van der Waals surface area contributed by atoms with E-state index >= 15 is 0 Å². The summed E-state index contributed by atoms with van der Waals surface area (Å²) in [5, 5.41) is 0. The molecule has 1 saturated heterocycles. The molecule has 2 heterocycles. The SMILES string of the molecule is CCCOC(=O)c1ccc(N2C[C@@H](C(=O)OCC(=O)c3ccc(OC(=O)c4ccco4)cc3)CC2=O)cc1. The Bertz CT molecular complexity index is 1310. The van der Waals surface area contributed by atoms with Gasteiger partial charge in [0.15, 0.2) is 12.4 Å². The van der Waals surface area contributed by atoms with Crippen LogP contribution in [-0.2, 0) is 19.1 Å². The summed E-state index contributed by atoms with van der Waals surface area (Å²) in [6.07, 6.45) is 2.01. The van der Waals surface area contributed by atoms with Crippen LogP contribution in [0, 0.1) is 5.92 Å². The van der Waals surface area contributed by atoms with Gasteiger partial charge in [-0.15, -0.1) is 0 Å². The fourth-order valence-corrected chi connectivity index (χ4v) is 3.77. The molecule has 0 radical (unpaired) electrons. The molecule has 0 unspecified atom stereocenters. The van der Waals surface area contributed by atoms with E-state index in [2.05, 4.69) is 0 Å². The minimum Gasteiger partial charge on any atom is -0.462 e. The maximum absolute atomic E-state index is 12.6. The van der Waals surface area contributed by atoms with Crippen molar-refractivity contribution in [1.29, 1.82) is 0 Å². The van der Waals surface area contributed by atoms with Gasteiger partial charge in [0.25, 0.3) is 0 Å². The molecule has 1 amide bonds. The second-order valence-electron chi connectivity index (χ2n) is 8.51. The van der Waals surface area contributed by atoms with Crippen LogP contribution < -0.4 is 9.64 Å². The molecule has 3 aromatic rings. The third kappa shape index (κ3) is 6.33. The van der Waals surface area contributed by atoms with Crippen molar-refractivity contribution in [2.45, 2.75) is 19.8 Å². The fraction of sp³-hybridized carbons (Fsp3) is 0.250. The van der Waals surface area contributed by atoms with Gasteiger partial charge in [-0.3, -0.25) is 14.4 Å². The summed E-state index contributed by atoms with van der Waals surface area (Å²) in [4.78, 5) is 62.9. The van der Waals surface area contributed by atoms with Gasteiger partial charge >= 0.3 is 17.9 Å². The van der Waals surface area contributed by atoms with Gasteiger partial charge in [0.2, 0.25) is 11.7 Å². The Morgan fingerprint density at radius 3 is 2.29 bits per heavy atom. The summed E-state index contributed by atoms with van der Waals surface area (Å²) >= 11 is 0. The molecule has 38 heavy (non-hydrogen) atoms. The Labute approximate surface area is 218 Å². The third-order valence-corrected chi connectivity index (χ3v) is 5.77. The van der Waals surface area contributed by atoms with Crippen molar-refractivity contribution in [2.24, 2.45) is 5.92 Å². The minimum atomic E-state index is -0.729. The maximum Gasteiger partial charge on any atom is 0.379 e. The van der Waals surface area contributed by atoms with Gasteiger partial charge in [-0.1, -0.05) is 6.92 Å². The molecule has 1 aliphatic heterocycles. The number of carbonyl (C=O) groups excluding carboxylic acids is 5. The fourth-order valence-electron chi connectivity index (χ4n) is 3.77. The monoisotopic (exact) mass is 519 g/mol. The molecule has 1 atom stereocenters. The van der Waals surface area contributed by atoms with Crippen LogP contribution in [0.5, 0.6) is 5.75 Å². The van der Waals surface area contributed by atoms with Gasteiger partial charge in [0.05, 0.1) is 24.4 Å². The number of anilines is 1. The number of furan rings is 1. The van der Waals surface area contributed by atoms with E-state index < -0.39 is 36.2 Å². The molecule has 10 heteroatoms. The van der Waals surface area contributed by atoms with E-state index in [-0.39, 0.29) is 35.9 Å². The van der Waals surface area contributed by atoms with E-state index in [0.717, 1.165) is 0 Å². The maximum atomic E-state index is 12.6. The number of amides is 1. The highest BCUT2D eigenvalue weighted by molar-refractivity contribution is 6.01. The Kier molecular flexibility index (Phi) is 8.32. The molecule has 196 valence electrons. The van der Waals surface area contributed by atoms with Crippen molar-refractivity contribution in [3.63, 3.8) is 0 Å². The van der Waals surface area contributed by atoms with Crippen LogP contribution in [-0.4, -0.2) is 49.4 Å². The predicted molar refractivity (Wildman–Crippen MR) is 133 cm³/mol. The van der Waals surface area contributed by atoms with E-state index in [1.165, 1.54) is 41.5 Å². The van der Waals surface area contributed by atoms with Gasteiger partial charge in [0, 0.05) is 24.2 Å². The molecule has 2 aromatic carbocycles. The molecule has 0 saturated carbocycles. The Balaban J connectivity index is 1.27. The number of nitrogens with zero attached hydrogens (tertiary/aromatic N) is 1. The summed E-state index contributed by atoms with van der Waals surface area (Å²) in [5.74, 6) is -2.95. The first-order valence-corrected chi connectivity index (χ1v) is 12.0. The highest BCUT2D eigenvalue weighted by Crippen LogP contribution is 2.26. The third-order valence-electron chi connectivity index (χ3n) is 5.77. The summed E-state index contributed by atoms with van der Waals surface area (Å²) in [5.41, 5.74) is 1.17. The molecule has 10 nitrogen and oxygen atoms in total. The number of Topliss-reactive ketones (excluding diaryl/α,β-unsaturated/α-hetero) is 1. The first-order valence-electron chi connectivity index (χ1n) is 12.0. The lowest BCUT2D eigenvalue weighted by Gasteiger charge is -2.17. The smallest absolute Gasteiger partial charge is 0.379 e. The Morgan fingerprint density at radius 2 is 1.63 bits per heavy atom. The van der Waals surface area contributed by atoms with Crippen molar-refractivity contribution in [3.05, 3.63) is 83.8 Å². The molecule has 0 N–H and O–H groups in total. The topological polar surface area (TPSA) is 129 Å². The quantitative estimate of drug-likeness (QED) is 0.223. The number of rotatable bonds is 10. The standard InChI is InChI=1S/C28H25NO9/c1-2-13-36-26(32)19-5-9-21(10-6-19)29-16-20(15-25(29)31)27(33)37-17-23(30)18-7-11-22(12-8-18)38-28(34)24-4-3-14-35-24/h3-12,14,20H,2,13,15-17H2,1H3/t20-/m0/s1.